The van der Waals surface area contributed by atoms with Crippen molar-refractivity contribution in [1.82, 2.24) is 5.32 Å². The van der Waals surface area contributed by atoms with Gasteiger partial charge in [-0.25, -0.2) is 4.39 Å². The molecule has 0 saturated heterocycles. The van der Waals surface area contributed by atoms with Crippen LogP contribution in [-0.4, -0.2) is 14.2 Å². The van der Waals surface area contributed by atoms with Crippen molar-refractivity contribution in [3.8, 4) is 5.75 Å². The van der Waals surface area contributed by atoms with Gasteiger partial charge in [-0.2, -0.15) is 0 Å². The quantitative estimate of drug-likeness (QED) is 0.900. The van der Waals surface area contributed by atoms with Crippen LogP contribution in [-0.2, 0) is 0 Å². The standard InChI is InChI=1S/C15H14Cl2FNO/c1-19-15(11-4-3-5-12(16)14(11)17)10-7-6-9(20-2)8-13(10)18/h3-8,15,19H,1-2H3. The van der Waals surface area contributed by atoms with Crippen molar-refractivity contribution in [2.24, 2.45) is 0 Å². The number of rotatable bonds is 4. The number of ether oxygens (including phenoxy) is 1. The van der Waals surface area contributed by atoms with Crippen molar-refractivity contribution in [3.05, 3.63) is 63.4 Å². The first-order valence-electron chi connectivity index (χ1n) is 6.03. The minimum absolute atomic E-state index is 0.361. The molecule has 1 N–H and O–H groups in total. The van der Waals surface area contributed by atoms with Gasteiger partial charge in [0.25, 0.3) is 0 Å². The lowest BCUT2D eigenvalue weighted by atomic mass is 9.98. The van der Waals surface area contributed by atoms with Gasteiger partial charge in [0.15, 0.2) is 0 Å². The van der Waals surface area contributed by atoms with Gasteiger partial charge >= 0.3 is 0 Å². The average Bonchev–Trinajstić information content (AvgIpc) is 2.45. The van der Waals surface area contributed by atoms with E-state index in [1.807, 2.05) is 6.07 Å². The molecule has 2 nitrogen and oxygen atoms in total. The molecular weight excluding hydrogens is 300 g/mol. The second-order valence-corrected chi connectivity index (χ2v) is 5.04. The minimum atomic E-state index is -0.382. The number of hydrogen-bond donors (Lipinski definition) is 1. The fourth-order valence-electron chi connectivity index (χ4n) is 2.09. The molecule has 2 aromatic rings. The van der Waals surface area contributed by atoms with E-state index in [0.717, 1.165) is 5.56 Å². The highest BCUT2D eigenvalue weighted by atomic mass is 35.5. The van der Waals surface area contributed by atoms with Crippen molar-refractivity contribution in [2.75, 3.05) is 14.2 Å². The molecule has 1 atom stereocenters. The van der Waals surface area contributed by atoms with E-state index in [1.54, 1.807) is 31.3 Å². The molecule has 2 aromatic carbocycles. The Morgan fingerprint density at radius 1 is 1.15 bits per heavy atom. The van der Waals surface area contributed by atoms with Crippen molar-refractivity contribution >= 4 is 23.2 Å². The van der Waals surface area contributed by atoms with Crippen LogP contribution in [0.2, 0.25) is 10.0 Å². The summed E-state index contributed by atoms with van der Waals surface area (Å²) in [6.07, 6.45) is 0. The highest BCUT2D eigenvalue weighted by molar-refractivity contribution is 6.42. The first-order valence-corrected chi connectivity index (χ1v) is 6.78. The SMILES string of the molecule is CNC(c1ccc(OC)cc1F)c1cccc(Cl)c1Cl. The van der Waals surface area contributed by atoms with E-state index in [1.165, 1.54) is 13.2 Å². The summed E-state index contributed by atoms with van der Waals surface area (Å²) in [5.74, 6) is 0.109. The van der Waals surface area contributed by atoms with E-state index in [0.29, 0.717) is 21.4 Å². The lowest BCUT2D eigenvalue weighted by Gasteiger charge is -2.20. The molecule has 0 bridgehead atoms. The molecule has 20 heavy (non-hydrogen) atoms. The Morgan fingerprint density at radius 3 is 2.50 bits per heavy atom. The van der Waals surface area contributed by atoms with Crippen molar-refractivity contribution in [1.29, 1.82) is 0 Å². The van der Waals surface area contributed by atoms with Gasteiger partial charge in [0.05, 0.1) is 23.2 Å². The summed E-state index contributed by atoms with van der Waals surface area (Å²) in [5.41, 5.74) is 1.21. The summed E-state index contributed by atoms with van der Waals surface area (Å²) in [7, 11) is 3.24. The molecule has 0 fully saturated rings. The molecule has 2 rings (SSSR count). The molecule has 0 aliphatic heterocycles. The maximum atomic E-state index is 14.2. The molecule has 1 unspecified atom stereocenters. The van der Waals surface area contributed by atoms with E-state index in [4.69, 9.17) is 27.9 Å². The predicted octanol–water partition coefficient (Wildman–Crippen LogP) is 4.45. The van der Waals surface area contributed by atoms with Gasteiger partial charge in [0.2, 0.25) is 0 Å². The first-order chi connectivity index (χ1) is 9.58. The zero-order valence-corrected chi connectivity index (χ0v) is 12.6. The monoisotopic (exact) mass is 313 g/mol. The van der Waals surface area contributed by atoms with Crippen LogP contribution in [0, 0.1) is 5.82 Å². The van der Waals surface area contributed by atoms with Gasteiger partial charge in [-0.15, -0.1) is 0 Å². The van der Waals surface area contributed by atoms with Crippen molar-refractivity contribution < 1.29 is 9.13 Å². The molecular formula is C15H14Cl2FNO. The van der Waals surface area contributed by atoms with Gasteiger partial charge in [0.1, 0.15) is 11.6 Å². The fraction of sp³-hybridized carbons (Fsp3) is 0.200. The molecule has 0 radical (unpaired) electrons. The van der Waals surface area contributed by atoms with E-state index in [-0.39, 0.29) is 11.9 Å². The topological polar surface area (TPSA) is 21.3 Å². The molecule has 0 aliphatic carbocycles. The zero-order chi connectivity index (χ0) is 14.7. The van der Waals surface area contributed by atoms with Crippen LogP contribution in [0.3, 0.4) is 0 Å². The summed E-state index contributed by atoms with van der Waals surface area (Å²) in [6, 6.07) is 9.65. The van der Waals surface area contributed by atoms with Crippen LogP contribution in [0.4, 0.5) is 4.39 Å². The van der Waals surface area contributed by atoms with Gasteiger partial charge in [0, 0.05) is 11.6 Å². The van der Waals surface area contributed by atoms with E-state index >= 15 is 0 Å². The normalized spacial score (nSPS) is 12.2. The summed E-state index contributed by atoms with van der Waals surface area (Å²) < 4.78 is 19.2. The molecule has 0 aromatic heterocycles. The van der Waals surface area contributed by atoms with Crippen molar-refractivity contribution in [2.45, 2.75) is 6.04 Å². The molecule has 5 heteroatoms. The highest BCUT2D eigenvalue weighted by Gasteiger charge is 2.20. The highest BCUT2D eigenvalue weighted by Crippen LogP contribution is 2.34. The van der Waals surface area contributed by atoms with Crippen LogP contribution in [0.25, 0.3) is 0 Å². The maximum Gasteiger partial charge on any atom is 0.132 e. The van der Waals surface area contributed by atoms with Crippen molar-refractivity contribution in [3.63, 3.8) is 0 Å². The van der Waals surface area contributed by atoms with Crippen LogP contribution < -0.4 is 10.1 Å². The number of nitrogens with one attached hydrogen (secondary N) is 1. The zero-order valence-electron chi connectivity index (χ0n) is 11.1. The lowest BCUT2D eigenvalue weighted by Crippen LogP contribution is -2.19. The maximum absolute atomic E-state index is 14.2. The smallest absolute Gasteiger partial charge is 0.132 e. The third kappa shape index (κ3) is 2.90. The van der Waals surface area contributed by atoms with Gasteiger partial charge in [-0.05, 0) is 24.7 Å². The summed E-state index contributed by atoms with van der Waals surface area (Å²) in [6.45, 7) is 0. The van der Waals surface area contributed by atoms with Crippen LogP contribution in [0.15, 0.2) is 36.4 Å². The van der Waals surface area contributed by atoms with Crippen LogP contribution in [0.1, 0.15) is 17.2 Å². The predicted molar refractivity (Wildman–Crippen MR) is 80.3 cm³/mol. The Bertz CT molecular complexity index is 619. The van der Waals surface area contributed by atoms with Crippen LogP contribution >= 0.6 is 23.2 Å². The molecule has 0 saturated carbocycles. The lowest BCUT2D eigenvalue weighted by molar-refractivity contribution is 0.410. The fourth-order valence-corrected chi connectivity index (χ4v) is 2.51. The number of hydrogen-bond acceptors (Lipinski definition) is 2. The largest absolute Gasteiger partial charge is 0.497 e. The first kappa shape index (κ1) is 15.1. The summed E-state index contributed by atoms with van der Waals surface area (Å²) in [5, 5.41) is 3.92. The average molecular weight is 314 g/mol. The van der Waals surface area contributed by atoms with Gasteiger partial charge in [-0.3, -0.25) is 0 Å². The Balaban J connectivity index is 2.50. The Hall–Kier alpha value is -1.29. The molecule has 0 aliphatic rings. The van der Waals surface area contributed by atoms with E-state index < -0.39 is 0 Å². The summed E-state index contributed by atoms with van der Waals surface area (Å²) >= 11 is 12.2. The molecule has 0 amide bonds. The Kier molecular flexibility index (Phi) is 4.86. The molecule has 0 heterocycles. The minimum Gasteiger partial charge on any atom is -0.497 e. The third-order valence-electron chi connectivity index (χ3n) is 3.10. The summed E-state index contributed by atoms with van der Waals surface area (Å²) in [4.78, 5) is 0. The molecule has 106 valence electrons. The Morgan fingerprint density at radius 2 is 1.90 bits per heavy atom. The Labute approximate surface area is 127 Å². The number of benzene rings is 2. The van der Waals surface area contributed by atoms with E-state index in [9.17, 15) is 4.39 Å². The number of halogens is 3. The second kappa shape index (κ2) is 6.44. The van der Waals surface area contributed by atoms with Gasteiger partial charge in [-0.1, -0.05) is 41.4 Å². The van der Waals surface area contributed by atoms with E-state index in [2.05, 4.69) is 5.32 Å². The van der Waals surface area contributed by atoms with Crippen LogP contribution in [0.5, 0.6) is 5.75 Å². The number of methoxy groups -OCH3 is 1. The van der Waals surface area contributed by atoms with Gasteiger partial charge < -0.3 is 10.1 Å². The molecule has 0 spiro atoms. The second-order valence-electron chi connectivity index (χ2n) is 4.25. The third-order valence-corrected chi connectivity index (χ3v) is 3.93.